The van der Waals surface area contributed by atoms with Gasteiger partial charge in [-0.05, 0) is 40.7 Å². The molecule has 0 radical (unpaired) electrons. The fourth-order valence-corrected chi connectivity index (χ4v) is 1.78. The Morgan fingerprint density at radius 1 is 1.27 bits per heavy atom. The van der Waals surface area contributed by atoms with Gasteiger partial charge in [0.05, 0.1) is 5.41 Å². The molecule has 1 rings (SSSR count). The lowest BCUT2D eigenvalue weighted by Gasteiger charge is -2.32. The van der Waals surface area contributed by atoms with Crippen molar-refractivity contribution in [3.63, 3.8) is 0 Å². The standard InChI is InChI=1S/C10H19NO2.C2H6/c1-7(2)11(4)8(3)10(5-6-10)9(12)13;1-2/h7-8H,5-6H2,1-4H3,(H,12,13);1-2H3. The lowest BCUT2D eigenvalue weighted by Crippen LogP contribution is -2.44. The Morgan fingerprint density at radius 2 is 1.67 bits per heavy atom. The van der Waals surface area contributed by atoms with Crippen molar-refractivity contribution in [3.05, 3.63) is 0 Å². The molecule has 1 unspecified atom stereocenters. The van der Waals surface area contributed by atoms with Crippen LogP contribution in [0.3, 0.4) is 0 Å². The molecular weight excluding hydrogens is 190 g/mol. The number of aliphatic carboxylic acids is 1. The van der Waals surface area contributed by atoms with Gasteiger partial charge in [-0.1, -0.05) is 13.8 Å². The first-order chi connectivity index (χ1) is 6.92. The lowest BCUT2D eigenvalue weighted by atomic mass is 9.96. The molecule has 0 heterocycles. The summed E-state index contributed by atoms with van der Waals surface area (Å²) in [4.78, 5) is 13.2. The second-order valence-corrected chi connectivity index (χ2v) is 4.40. The van der Waals surface area contributed by atoms with Crippen LogP contribution in [0.25, 0.3) is 0 Å². The van der Waals surface area contributed by atoms with E-state index in [9.17, 15) is 4.79 Å². The van der Waals surface area contributed by atoms with Gasteiger partial charge in [-0.15, -0.1) is 0 Å². The quantitative estimate of drug-likeness (QED) is 0.783. The first kappa shape index (κ1) is 14.4. The second-order valence-electron chi connectivity index (χ2n) is 4.40. The van der Waals surface area contributed by atoms with E-state index >= 15 is 0 Å². The predicted molar refractivity (Wildman–Crippen MR) is 63.0 cm³/mol. The molecule has 1 saturated carbocycles. The number of carboxylic acid groups (broad SMARTS) is 1. The molecule has 90 valence electrons. The smallest absolute Gasteiger partial charge is 0.311 e. The highest BCUT2D eigenvalue weighted by Gasteiger charge is 2.55. The van der Waals surface area contributed by atoms with Gasteiger partial charge in [-0.25, -0.2) is 0 Å². The van der Waals surface area contributed by atoms with Crippen molar-refractivity contribution in [2.45, 2.75) is 59.5 Å². The van der Waals surface area contributed by atoms with Gasteiger partial charge in [0.15, 0.2) is 0 Å². The number of carbonyl (C=O) groups is 1. The van der Waals surface area contributed by atoms with Crippen LogP contribution in [0.15, 0.2) is 0 Å². The molecule has 0 aromatic rings. The van der Waals surface area contributed by atoms with E-state index in [1.807, 2.05) is 27.8 Å². The van der Waals surface area contributed by atoms with Crippen LogP contribution in [0.1, 0.15) is 47.5 Å². The van der Waals surface area contributed by atoms with Gasteiger partial charge in [0.1, 0.15) is 0 Å². The summed E-state index contributed by atoms with van der Waals surface area (Å²) in [6, 6.07) is 0.553. The third-order valence-electron chi connectivity index (χ3n) is 3.44. The van der Waals surface area contributed by atoms with Crippen LogP contribution in [0.2, 0.25) is 0 Å². The molecule has 1 aliphatic carbocycles. The van der Waals surface area contributed by atoms with Gasteiger partial charge < -0.3 is 10.0 Å². The minimum absolute atomic E-state index is 0.144. The Balaban J connectivity index is 0.000000921. The summed E-state index contributed by atoms with van der Waals surface area (Å²) in [7, 11) is 2.00. The normalized spacial score (nSPS) is 19.5. The SMILES string of the molecule is CC.CC(C)N(C)C(C)C1(C(=O)O)CC1. The molecule has 1 fully saturated rings. The van der Waals surface area contributed by atoms with Crippen LogP contribution in [-0.4, -0.2) is 35.1 Å². The summed E-state index contributed by atoms with van der Waals surface area (Å²) in [6.07, 6.45) is 1.67. The number of nitrogens with zero attached hydrogens (tertiary/aromatic N) is 1. The molecule has 1 N–H and O–H groups in total. The van der Waals surface area contributed by atoms with Crippen molar-refractivity contribution >= 4 is 5.97 Å². The fraction of sp³-hybridized carbons (Fsp3) is 0.917. The number of rotatable bonds is 4. The second kappa shape index (κ2) is 5.50. The minimum atomic E-state index is -0.632. The highest BCUT2D eigenvalue weighted by atomic mass is 16.4. The van der Waals surface area contributed by atoms with E-state index in [4.69, 9.17) is 5.11 Å². The van der Waals surface area contributed by atoms with Crippen LogP contribution < -0.4 is 0 Å². The van der Waals surface area contributed by atoms with Gasteiger partial charge in [0.2, 0.25) is 0 Å². The molecule has 0 spiro atoms. The van der Waals surface area contributed by atoms with Gasteiger partial charge >= 0.3 is 5.97 Å². The van der Waals surface area contributed by atoms with Crippen LogP contribution in [0, 0.1) is 5.41 Å². The van der Waals surface area contributed by atoms with Crippen molar-refractivity contribution in [1.29, 1.82) is 0 Å². The molecule has 0 bridgehead atoms. The summed E-state index contributed by atoms with van der Waals surface area (Å²) in [5, 5.41) is 9.08. The number of carboxylic acids is 1. The predicted octanol–water partition coefficient (Wildman–Crippen LogP) is 2.61. The molecule has 1 aliphatic rings. The third-order valence-corrected chi connectivity index (χ3v) is 3.44. The van der Waals surface area contributed by atoms with Crippen molar-refractivity contribution in [2.75, 3.05) is 7.05 Å². The molecule has 0 amide bonds. The van der Waals surface area contributed by atoms with E-state index < -0.39 is 11.4 Å². The Morgan fingerprint density at radius 3 is 1.87 bits per heavy atom. The first-order valence-electron chi connectivity index (χ1n) is 5.87. The molecule has 3 heteroatoms. The van der Waals surface area contributed by atoms with Crippen molar-refractivity contribution in [2.24, 2.45) is 5.41 Å². The number of hydrogen-bond acceptors (Lipinski definition) is 2. The first-order valence-corrected chi connectivity index (χ1v) is 5.87. The lowest BCUT2D eigenvalue weighted by molar-refractivity contribution is -0.146. The van der Waals surface area contributed by atoms with Crippen molar-refractivity contribution in [1.82, 2.24) is 4.90 Å². The molecule has 0 aromatic carbocycles. The monoisotopic (exact) mass is 215 g/mol. The average molecular weight is 215 g/mol. The van der Waals surface area contributed by atoms with Crippen molar-refractivity contribution < 1.29 is 9.90 Å². The Hall–Kier alpha value is -0.570. The fourth-order valence-electron chi connectivity index (χ4n) is 1.78. The molecule has 0 saturated heterocycles. The molecular formula is C12H25NO2. The number of hydrogen-bond donors (Lipinski definition) is 1. The molecule has 0 aliphatic heterocycles. The van der Waals surface area contributed by atoms with Crippen LogP contribution in [0.4, 0.5) is 0 Å². The highest BCUT2D eigenvalue weighted by Crippen LogP contribution is 2.50. The minimum Gasteiger partial charge on any atom is -0.481 e. The van der Waals surface area contributed by atoms with Crippen LogP contribution >= 0.6 is 0 Å². The van der Waals surface area contributed by atoms with E-state index in [1.54, 1.807) is 0 Å². The summed E-state index contributed by atoms with van der Waals surface area (Å²) < 4.78 is 0. The maximum Gasteiger partial charge on any atom is 0.311 e. The van der Waals surface area contributed by atoms with Gasteiger partial charge in [-0.2, -0.15) is 0 Å². The third kappa shape index (κ3) is 2.94. The van der Waals surface area contributed by atoms with Gasteiger partial charge in [-0.3, -0.25) is 4.79 Å². The maximum absolute atomic E-state index is 11.0. The summed E-state index contributed by atoms with van der Waals surface area (Å²) >= 11 is 0. The maximum atomic E-state index is 11.0. The highest BCUT2D eigenvalue weighted by molar-refractivity contribution is 5.78. The topological polar surface area (TPSA) is 40.5 Å². The van der Waals surface area contributed by atoms with Crippen LogP contribution in [0.5, 0.6) is 0 Å². The zero-order valence-corrected chi connectivity index (χ0v) is 10.9. The summed E-state index contributed by atoms with van der Waals surface area (Å²) in [5.74, 6) is -0.632. The van der Waals surface area contributed by atoms with E-state index in [2.05, 4.69) is 18.7 Å². The average Bonchev–Trinajstić information content (AvgIpc) is 2.99. The van der Waals surface area contributed by atoms with Gasteiger partial charge in [0.25, 0.3) is 0 Å². The Kier molecular flexibility index (Phi) is 5.29. The zero-order chi connectivity index (χ0) is 12.2. The van der Waals surface area contributed by atoms with Crippen molar-refractivity contribution in [3.8, 4) is 0 Å². The Labute approximate surface area is 93.5 Å². The zero-order valence-electron chi connectivity index (χ0n) is 10.9. The molecule has 0 aromatic heterocycles. The van der Waals surface area contributed by atoms with E-state index in [0.29, 0.717) is 6.04 Å². The molecule has 15 heavy (non-hydrogen) atoms. The largest absolute Gasteiger partial charge is 0.481 e. The van der Waals surface area contributed by atoms with E-state index in [0.717, 1.165) is 12.8 Å². The van der Waals surface area contributed by atoms with Crippen LogP contribution in [-0.2, 0) is 4.79 Å². The van der Waals surface area contributed by atoms with E-state index in [-0.39, 0.29) is 6.04 Å². The summed E-state index contributed by atoms with van der Waals surface area (Å²) in [6.45, 7) is 10.2. The summed E-state index contributed by atoms with van der Waals surface area (Å²) in [5.41, 5.74) is -0.445. The van der Waals surface area contributed by atoms with Gasteiger partial charge in [0, 0.05) is 12.1 Å². The Bertz CT molecular complexity index is 210. The molecule has 1 atom stereocenters. The molecule has 3 nitrogen and oxygen atoms in total. The van der Waals surface area contributed by atoms with E-state index in [1.165, 1.54) is 0 Å².